The first-order valence-electron chi connectivity index (χ1n) is 5.91. The first kappa shape index (κ1) is 12.7. The van der Waals surface area contributed by atoms with Crippen molar-refractivity contribution >= 4 is 5.97 Å². The molecule has 0 aromatic heterocycles. The zero-order chi connectivity index (χ0) is 13.3. The summed E-state index contributed by atoms with van der Waals surface area (Å²) in [6, 6.07) is 2.58. The molecule has 5 heteroatoms. The van der Waals surface area contributed by atoms with Crippen LogP contribution in [0.4, 0.5) is 0 Å². The van der Waals surface area contributed by atoms with Gasteiger partial charge in [-0.1, -0.05) is 12.8 Å². The summed E-state index contributed by atoms with van der Waals surface area (Å²) in [5.41, 5.74) is 6.15. The van der Waals surface area contributed by atoms with Crippen LogP contribution in [0.1, 0.15) is 41.6 Å². The van der Waals surface area contributed by atoms with Crippen molar-refractivity contribution in [1.29, 1.82) is 0 Å². The van der Waals surface area contributed by atoms with Crippen LogP contribution in [-0.4, -0.2) is 23.3 Å². The highest BCUT2D eigenvalue weighted by Crippen LogP contribution is 2.42. The number of aromatic hydroxyl groups is 2. The monoisotopic (exact) mass is 251 g/mol. The molecular weight excluding hydrogens is 234 g/mol. The molecule has 2 rings (SSSR count). The number of methoxy groups -OCH3 is 1. The van der Waals surface area contributed by atoms with Gasteiger partial charge in [0.15, 0.2) is 0 Å². The van der Waals surface area contributed by atoms with Gasteiger partial charge in [0.1, 0.15) is 17.1 Å². The number of carbonyl (C=O) groups excluding carboxylic acids is 1. The average Bonchev–Trinajstić information content (AvgIpc) is 2.76. The Kier molecular flexibility index (Phi) is 3.17. The fourth-order valence-electron chi connectivity index (χ4n) is 2.52. The standard InChI is InChI=1S/C13H17NO4/c1-18-12(17)8-6-9(11(16)7-10(8)15)13(14)4-2-3-5-13/h6-7,15-16H,2-5,14H2,1H3. The SMILES string of the molecule is COC(=O)c1cc(C2(N)CCCC2)c(O)cc1O. The van der Waals surface area contributed by atoms with E-state index in [0.717, 1.165) is 31.7 Å². The second-order valence-electron chi connectivity index (χ2n) is 4.74. The molecule has 0 saturated heterocycles. The van der Waals surface area contributed by atoms with E-state index in [-0.39, 0.29) is 17.1 Å². The molecule has 1 saturated carbocycles. The molecule has 1 aliphatic carbocycles. The number of phenolic OH excluding ortho intramolecular Hbond substituents is 2. The van der Waals surface area contributed by atoms with E-state index < -0.39 is 11.5 Å². The molecule has 1 fully saturated rings. The molecule has 0 atom stereocenters. The smallest absolute Gasteiger partial charge is 0.341 e. The summed E-state index contributed by atoms with van der Waals surface area (Å²) in [7, 11) is 1.24. The van der Waals surface area contributed by atoms with Crippen molar-refractivity contribution in [3.8, 4) is 11.5 Å². The number of phenols is 2. The van der Waals surface area contributed by atoms with Crippen LogP contribution in [0.25, 0.3) is 0 Å². The molecule has 0 radical (unpaired) electrons. The zero-order valence-electron chi connectivity index (χ0n) is 10.3. The van der Waals surface area contributed by atoms with Crippen LogP contribution in [-0.2, 0) is 10.3 Å². The van der Waals surface area contributed by atoms with Gasteiger partial charge in [-0.05, 0) is 18.9 Å². The Hall–Kier alpha value is -1.75. The average molecular weight is 251 g/mol. The van der Waals surface area contributed by atoms with E-state index in [1.54, 1.807) is 0 Å². The first-order valence-corrected chi connectivity index (χ1v) is 5.91. The third kappa shape index (κ3) is 2.01. The Morgan fingerprint density at radius 2 is 1.89 bits per heavy atom. The highest BCUT2D eigenvalue weighted by Gasteiger charge is 2.34. The lowest BCUT2D eigenvalue weighted by molar-refractivity contribution is 0.0597. The first-order chi connectivity index (χ1) is 8.48. The summed E-state index contributed by atoms with van der Waals surface area (Å²) in [5.74, 6) is -1.02. The Morgan fingerprint density at radius 1 is 1.28 bits per heavy atom. The lowest BCUT2D eigenvalue weighted by Crippen LogP contribution is -2.33. The van der Waals surface area contributed by atoms with Crippen molar-refractivity contribution in [3.63, 3.8) is 0 Å². The van der Waals surface area contributed by atoms with Gasteiger partial charge in [0.25, 0.3) is 0 Å². The van der Waals surface area contributed by atoms with Gasteiger partial charge in [-0.3, -0.25) is 0 Å². The highest BCUT2D eigenvalue weighted by molar-refractivity contribution is 5.93. The maximum absolute atomic E-state index is 11.5. The molecule has 0 amide bonds. The number of rotatable bonds is 2. The van der Waals surface area contributed by atoms with Crippen LogP contribution in [0.2, 0.25) is 0 Å². The quantitative estimate of drug-likeness (QED) is 0.694. The second-order valence-corrected chi connectivity index (χ2v) is 4.74. The molecule has 0 aliphatic heterocycles. The van der Waals surface area contributed by atoms with Gasteiger partial charge >= 0.3 is 5.97 Å². The van der Waals surface area contributed by atoms with Crippen molar-refractivity contribution in [2.75, 3.05) is 7.11 Å². The molecule has 18 heavy (non-hydrogen) atoms. The Balaban J connectivity index is 2.51. The summed E-state index contributed by atoms with van der Waals surface area (Å²) in [6.45, 7) is 0. The predicted octanol–water partition coefficient (Wildman–Crippen LogP) is 1.61. The number of nitrogens with two attached hydrogens (primary N) is 1. The normalized spacial score (nSPS) is 17.7. The van der Waals surface area contributed by atoms with Gasteiger partial charge in [-0.15, -0.1) is 0 Å². The van der Waals surface area contributed by atoms with Crippen LogP contribution in [0.5, 0.6) is 11.5 Å². The molecule has 0 spiro atoms. The van der Waals surface area contributed by atoms with Gasteiger partial charge in [-0.2, -0.15) is 0 Å². The fraction of sp³-hybridized carbons (Fsp3) is 0.462. The largest absolute Gasteiger partial charge is 0.507 e. The van der Waals surface area contributed by atoms with Crippen molar-refractivity contribution in [3.05, 3.63) is 23.3 Å². The molecule has 0 unspecified atom stereocenters. The van der Waals surface area contributed by atoms with Crippen LogP contribution in [0.3, 0.4) is 0 Å². The summed E-state index contributed by atoms with van der Waals surface area (Å²) in [4.78, 5) is 11.5. The Morgan fingerprint density at radius 3 is 2.44 bits per heavy atom. The molecule has 98 valence electrons. The fourth-order valence-corrected chi connectivity index (χ4v) is 2.52. The minimum atomic E-state index is -0.643. The number of hydrogen-bond donors (Lipinski definition) is 3. The minimum Gasteiger partial charge on any atom is -0.507 e. The number of hydrogen-bond acceptors (Lipinski definition) is 5. The lowest BCUT2D eigenvalue weighted by Gasteiger charge is -2.25. The van der Waals surface area contributed by atoms with Crippen LogP contribution in [0.15, 0.2) is 12.1 Å². The molecule has 1 aromatic rings. The molecular formula is C13H17NO4. The molecule has 5 nitrogen and oxygen atoms in total. The van der Waals surface area contributed by atoms with Gasteiger partial charge in [-0.25, -0.2) is 4.79 Å². The van der Waals surface area contributed by atoms with E-state index in [0.29, 0.717) is 5.56 Å². The Bertz CT molecular complexity index is 478. The van der Waals surface area contributed by atoms with Crippen LogP contribution in [0, 0.1) is 0 Å². The van der Waals surface area contributed by atoms with Gasteiger partial charge < -0.3 is 20.7 Å². The van der Waals surface area contributed by atoms with Gasteiger partial charge in [0.05, 0.1) is 7.11 Å². The molecule has 1 aliphatic rings. The van der Waals surface area contributed by atoms with E-state index in [1.807, 2.05) is 0 Å². The Labute approximate surface area is 105 Å². The minimum absolute atomic E-state index is 0.0297. The molecule has 0 bridgehead atoms. The third-order valence-corrected chi connectivity index (χ3v) is 3.55. The summed E-state index contributed by atoms with van der Waals surface area (Å²) in [5, 5.41) is 19.5. The molecule has 0 heterocycles. The van der Waals surface area contributed by atoms with E-state index in [4.69, 9.17) is 5.73 Å². The number of esters is 1. The predicted molar refractivity (Wildman–Crippen MR) is 65.4 cm³/mol. The van der Waals surface area contributed by atoms with Crippen molar-refractivity contribution < 1.29 is 19.7 Å². The zero-order valence-corrected chi connectivity index (χ0v) is 10.3. The number of benzene rings is 1. The van der Waals surface area contributed by atoms with Gasteiger partial charge in [0, 0.05) is 17.2 Å². The number of ether oxygens (including phenoxy) is 1. The van der Waals surface area contributed by atoms with E-state index in [9.17, 15) is 15.0 Å². The third-order valence-electron chi connectivity index (χ3n) is 3.55. The van der Waals surface area contributed by atoms with E-state index >= 15 is 0 Å². The van der Waals surface area contributed by atoms with Crippen molar-refractivity contribution in [2.24, 2.45) is 5.73 Å². The van der Waals surface area contributed by atoms with Crippen molar-refractivity contribution in [2.45, 2.75) is 31.2 Å². The van der Waals surface area contributed by atoms with Crippen LogP contribution < -0.4 is 5.73 Å². The highest BCUT2D eigenvalue weighted by atomic mass is 16.5. The van der Waals surface area contributed by atoms with Crippen LogP contribution >= 0.6 is 0 Å². The second kappa shape index (κ2) is 4.49. The summed E-state index contributed by atoms with van der Waals surface area (Å²) < 4.78 is 4.59. The molecule has 1 aromatic carbocycles. The maximum atomic E-state index is 11.5. The summed E-state index contributed by atoms with van der Waals surface area (Å²) in [6.07, 6.45) is 3.49. The van der Waals surface area contributed by atoms with E-state index in [1.165, 1.54) is 13.2 Å². The summed E-state index contributed by atoms with van der Waals surface area (Å²) >= 11 is 0. The topological polar surface area (TPSA) is 92.8 Å². The van der Waals surface area contributed by atoms with E-state index in [2.05, 4.69) is 4.74 Å². The molecule has 4 N–H and O–H groups in total. The maximum Gasteiger partial charge on any atom is 0.341 e. The number of carbonyl (C=O) groups is 1. The van der Waals surface area contributed by atoms with Gasteiger partial charge in [0.2, 0.25) is 0 Å². The van der Waals surface area contributed by atoms with Crippen molar-refractivity contribution in [1.82, 2.24) is 0 Å². The lowest BCUT2D eigenvalue weighted by atomic mass is 9.87.